The number of rotatable bonds is 3. The van der Waals surface area contributed by atoms with Crippen molar-refractivity contribution in [3.8, 4) is 22.4 Å². The number of pyridine rings is 1. The van der Waals surface area contributed by atoms with E-state index >= 15 is 0 Å². The third-order valence-corrected chi connectivity index (χ3v) is 6.46. The molecule has 0 bridgehead atoms. The first-order valence-electron chi connectivity index (χ1n) is 12.6. The molecule has 7 rings (SSSR count). The summed E-state index contributed by atoms with van der Waals surface area (Å²) in [6, 6.07) is 33.9. The van der Waals surface area contributed by atoms with Gasteiger partial charge in [0, 0.05) is 53.9 Å². The van der Waals surface area contributed by atoms with E-state index in [9.17, 15) is 4.79 Å². The molecule has 0 saturated carbocycles. The van der Waals surface area contributed by atoms with Crippen molar-refractivity contribution in [3.05, 3.63) is 115 Å². The molecule has 1 radical (unpaired) electrons. The van der Waals surface area contributed by atoms with E-state index in [2.05, 4.69) is 41.4 Å². The van der Waals surface area contributed by atoms with Gasteiger partial charge in [0.25, 0.3) is 0 Å². The molecule has 0 spiro atoms. The van der Waals surface area contributed by atoms with Crippen LogP contribution < -0.4 is 0 Å². The molecule has 0 aliphatic heterocycles. The largest absolute Gasteiger partial charge is 0.512 e. The number of hydrogen-bond donors (Lipinski definition) is 1. The molecule has 1 N–H and O–H groups in total. The van der Waals surface area contributed by atoms with Crippen LogP contribution in [0.1, 0.15) is 13.8 Å². The normalized spacial score (nSPS) is 11.4. The average molecular weight is 703 g/mol. The predicted octanol–water partition coefficient (Wildman–Crippen LogP) is 9.05. The maximum absolute atomic E-state index is 10.0. The summed E-state index contributed by atoms with van der Waals surface area (Å²) in [6.45, 7) is 2.85. The van der Waals surface area contributed by atoms with Crippen LogP contribution in [-0.4, -0.2) is 15.9 Å². The van der Waals surface area contributed by atoms with E-state index in [0.29, 0.717) is 0 Å². The number of nitrogens with zero attached hydrogens (tertiary/aromatic N) is 1. The summed E-state index contributed by atoms with van der Waals surface area (Å²) in [5.74, 6) is -0.0625. The number of furan rings is 2. The molecule has 0 fully saturated rings. The number of hydrogen-bond acceptors (Lipinski definition) is 5. The topological polar surface area (TPSA) is 76.5 Å². The number of ketones is 1. The van der Waals surface area contributed by atoms with E-state index in [0.717, 1.165) is 66.3 Å². The van der Waals surface area contributed by atoms with Gasteiger partial charge in [-0.1, -0.05) is 42.5 Å². The second-order valence-electron chi connectivity index (χ2n) is 9.30. The summed E-state index contributed by atoms with van der Waals surface area (Å²) in [5, 5.41) is 12.6. The Morgan fingerprint density at radius 2 is 1.50 bits per heavy atom. The minimum absolute atomic E-state index is 0. The number of aromatic nitrogens is 1. The Labute approximate surface area is 244 Å². The molecule has 4 aromatic carbocycles. The number of para-hydroxylation sites is 2. The van der Waals surface area contributed by atoms with Crippen LogP contribution in [-0.2, 0) is 24.9 Å². The van der Waals surface area contributed by atoms with Crippen LogP contribution in [0.15, 0.2) is 118 Å². The second kappa shape index (κ2) is 11.3. The van der Waals surface area contributed by atoms with Gasteiger partial charge in [-0.3, -0.25) is 4.79 Å². The van der Waals surface area contributed by atoms with E-state index in [1.807, 2.05) is 66.9 Å². The average Bonchev–Trinajstić information content (AvgIpc) is 3.52. The maximum atomic E-state index is 10.0. The SMILES string of the molecule is CC(=O)/C=C(/C)O.[Ir].[c-]1ccccc1-c1cc(-c2cc3c4ccccc4oc3c3oc4ccccc4c23)ccn1. The van der Waals surface area contributed by atoms with Gasteiger partial charge in [0.2, 0.25) is 0 Å². The maximum Gasteiger partial charge on any atom is 0.179 e. The standard InChI is InChI=1S/C29H16NO2.C5H8O2.Ir/c1-2-8-18(9-3-1)24-16-19(14-15-30-24)22-17-23-20-10-4-6-12-25(20)31-28(23)29-27(22)21-11-5-7-13-26(21)32-29;1-4(6)3-5(2)7;/h1-8,10-17H;3,6H,1-2H3;/q-1;;/b;4-3-;. The van der Waals surface area contributed by atoms with E-state index in [1.165, 1.54) is 19.9 Å². The van der Waals surface area contributed by atoms with Crippen LogP contribution in [0, 0.1) is 6.07 Å². The van der Waals surface area contributed by atoms with E-state index in [1.54, 1.807) is 0 Å². The van der Waals surface area contributed by atoms with E-state index in [4.69, 9.17) is 13.9 Å². The minimum atomic E-state index is -0.125. The van der Waals surface area contributed by atoms with Gasteiger partial charge in [-0.05, 0) is 54.9 Å². The molecule has 3 heterocycles. The van der Waals surface area contributed by atoms with Gasteiger partial charge >= 0.3 is 0 Å². The monoisotopic (exact) mass is 703 g/mol. The van der Waals surface area contributed by atoms with Crippen LogP contribution in [0.2, 0.25) is 0 Å². The van der Waals surface area contributed by atoms with Crippen molar-refractivity contribution in [2.45, 2.75) is 13.8 Å². The van der Waals surface area contributed by atoms with Crippen molar-refractivity contribution in [2.24, 2.45) is 0 Å². The first-order valence-corrected chi connectivity index (χ1v) is 12.6. The van der Waals surface area contributed by atoms with Crippen LogP contribution in [0.4, 0.5) is 0 Å². The van der Waals surface area contributed by atoms with E-state index < -0.39 is 0 Å². The first-order chi connectivity index (χ1) is 19.0. The molecule has 0 aliphatic carbocycles. The van der Waals surface area contributed by atoms with Gasteiger partial charge in [0.05, 0.1) is 5.76 Å². The quantitative estimate of drug-likeness (QED) is 0.113. The number of carbonyl (C=O) groups is 1. The molecule has 0 atom stereocenters. The molecule has 0 aliphatic rings. The number of carbonyl (C=O) groups excluding carboxylic acids is 1. The Morgan fingerprint density at radius 1 is 0.825 bits per heavy atom. The molecular weight excluding hydrogens is 679 g/mol. The van der Waals surface area contributed by atoms with Gasteiger partial charge in [-0.25, -0.2) is 0 Å². The van der Waals surface area contributed by atoms with Crippen molar-refractivity contribution in [2.75, 3.05) is 0 Å². The number of allylic oxidation sites excluding steroid dienone is 2. The third kappa shape index (κ3) is 5.07. The van der Waals surface area contributed by atoms with Crippen molar-refractivity contribution in [3.63, 3.8) is 0 Å². The van der Waals surface area contributed by atoms with Crippen LogP contribution >= 0.6 is 0 Å². The smallest absolute Gasteiger partial charge is 0.179 e. The van der Waals surface area contributed by atoms with Gasteiger partial charge in [0.15, 0.2) is 16.9 Å². The van der Waals surface area contributed by atoms with Crippen LogP contribution in [0.5, 0.6) is 0 Å². The van der Waals surface area contributed by atoms with Crippen molar-refractivity contribution >= 4 is 49.7 Å². The zero-order valence-corrected chi connectivity index (χ0v) is 24.2. The molecule has 199 valence electrons. The first kappa shape index (κ1) is 27.1. The van der Waals surface area contributed by atoms with Crippen molar-refractivity contribution in [1.29, 1.82) is 0 Å². The number of benzene rings is 4. The summed E-state index contributed by atoms with van der Waals surface area (Å²) < 4.78 is 12.6. The van der Waals surface area contributed by atoms with Crippen LogP contribution in [0.3, 0.4) is 0 Å². The summed E-state index contributed by atoms with van der Waals surface area (Å²) in [7, 11) is 0. The Kier molecular flexibility index (Phi) is 7.65. The fraction of sp³-hybridized carbons (Fsp3) is 0.0588. The summed E-state index contributed by atoms with van der Waals surface area (Å²) in [5.41, 5.74) is 7.31. The molecule has 5 nitrogen and oxygen atoms in total. The molecule has 3 aromatic heterocycles. The molecule has 40 heavy (non-hydrogen) atoms. The van der Waals surface area contributed by atoms with Gasteiger partial charge in [0.1, 0.15) is 11.2 Å². The van der Waals surface area contributed by atoms with Gasteiger partial charge < -0.3 is 18.9 Å². The van der Waals surface area contributed by atoms with Crippen molar-refractivity contribution < 1.29 is 38.8 Å². The molecule has 0 unspecified atom stereocenters. The second-order valence-corrected chi connectivity index (χ2v) is 9.30. The summed E-state index contributed by atoms with van der Waals surface area (Å²) in [4.78, 5) is 14.6. The Balaban J connectivity index is 0.000000362. The zero-order valence-electron chi connectivity index (χ0n) is 21.8. The van der Waals surface area contributed by atoms with Gasteiger partial charge in [-0.15, -0.1) is 35.9 Å². The summed E-state index contributed by atoms with van der Waals surface area (Å²) in [6.07, 6.45) is 3.03. The summed E-state index contributed by atoms with van der Waals surface area (Å²) >= 11 is 0. The molecule has 0 amide bonds. The molecule has 6 heteroatoms. The fourth-order valence-corrected chi connectivity index (χ4v) is 4.89. The minimum Gasteiger partial charge on any atom is -0.512 e. The zero-order chi connectivity index (χ0) is 26.9. The predicted molar refractivity (Wildman–Crippen MR) is 156 cm³/mol. The molecular formula is C34H24IrNO4-. The Morgan fingerprint density at radius 3 is 2.17 bits per heavy atom. The third-order valence-electron chi connectivity index (χ3n) is 6.46. The fourth-order valence-electron chi connectivity index (χ4n) is 4.89. The van der Waals surface area contributed by atoms with Gasteiger partial charge in [-0.2, -0.15) is 0 Å². The molecule has 7 aromatic rings. The molecule has 0 saturated heterocycles. The number of aliphatic hydroxyl groups is 1. The Bertz CT molecular complexity index is 2010. The number of fused-ring (bicyclic) bond motifs is 7. The number of aliphatic hydroxyl groups excluding tert-OH is 1. The van der Waals surface area contributed by atoms with E-state index in [-0.39, 0.29) is 31.6 Å². The Hall–Kier alpha value is -4.51. The van der Waals surface area contributed by atoms with Crippen LogP contribution in [0.25, 0.3) is 66.3 Å². The van der Waals surface area contributed by atoms with Crippen molar-refractivity contribution in [1.82, 2.24) is 4.98 Å².